The average Bonchev–Trinajstić information content (AvgIpc) is 3.21. The molecule has 0 spiro atoms. The van der Waals surface area contributed by atoms with Crippen molar-refractivity contribution in [2.75, 3.05) is 5.01 Å². The smallest absolute Gasteiger partial charge is 0.281 e. The second-order valence-corrected chi connectivity index (χ2v) is 8.87. The zero-order chi connectivity index (χ0) is 25.1. The van der Waals surface area contributed by atoms with Gasteiger partial charge in [-0.05, 0) is 53.6 Å². The van der Waals surface area contributed by atoms with E-state index in [0.717, 1.165) is 11.1 Å². The minimum atomic E-state index is -0.321. The number of ether oxygens (including phenoxy) is 1. The number of hydrogen-bond acceptors (Lipinski definition) is 3. The second kappa shape index (κ2) is 10.4. The highest BCUT2D eigenvalue weighted by atomic mass is 35.5. The fraction of sp³-hybridized carbons (Fsp3) is 0.0345. The molecule has 0 saturated heterocycles. The fourth-order valence-electron chi connectivity index (χ4n) is 3.80. The molecule has 0 unspecified atom stereocenters. The molecule has 1 heterocycles. The van der Waals surface area contributed by atoms with Gasteiger partial charge in [0.1, 0.15) is 18.1 Å². The summed E-state index contributed by atoms with van der Waals surface area (Å²) in [6.07, 6.45) is 1.72. The molecule has 0 radical (unpaired) electrons. The van der Waals surface area contributed by atoms with Crippen molar-refractivity contribution < 1.29 is 13.9 Å². The molecule has 1 aliphatic heterocycles. The van der Waals surface area contributed by atoms with Crippen LogP contribution in [-0.2, 0) is 11.4 Å². The Morgan fingerprint density at radius 2 is 1.47 bits per heavy atom. The lowest BCUT2D eigenvalue weighted by Gasteiger charge is -2.12. The van der Waals surface area contributed by atoms with Crippen LogP contribution in [-0.4, -0.2) is 11.6 Å². The van der Waals surface area contributed by atoms with Crippen molar-refractivity contribution in [1.29, 1.82) is 0 Å². The molecule has 0 aromatic heterocycles. The Balaban J connectivity index is 1.47. The van der Waals surface area contributed by atoms with E-state index in [1.807, 2.05) is 60.7 Å². The number of hydrazone groups is 1. The maximum absolute atomic E-state index is 13.4. The van der Waals surface area contributed by atoms with E-state index in [4.69, 9.17) is 27.9 Å². The number of carbonyl (C=O) groups excluding carboxylic acids is 1. The predicted molar refractivity (Wildman–Crippen MR) is 142 cm³/mol. The highest BCUT2D eigenvalue weighted by molar-refractivity contribution is 6.39. The Bertz CT molecular complexity index is 1450. The zero-order valence-corrected chi connectivity index (χ0v) is 20.4. The SMILES string of the molecule is O=C1/C(=C\c2cc(Cl)c(OCc3ccc(F)cc3)c(Cl)c2)C(c2ccccc2)=NN1c1ccccc1. The summed E-state index contributed by atoms with van der Waals surface area (Å²) in [6.45, 7) is 0.176. The monoisotopic (exact) mass is 516 g/mol. The first-order valence-corrected chi connectivity index (χ1v) is 11.9. The summed E-state index contributed by atoms with van der Waals surface area (Å²) >= 11 is 13.0. The Morgan fingerprint density at radius 3 is 2.11 bits per heavy atom. The number of hydrogen-bond donors (Lipinski definition) is 0. The molecule has 1 amide bonds. The summed E-state index contributed by atoms with van der Waals surface area (Å²) < 4.78 is 18.9. The summed E-state index contributed by atoms with van der Waals surface area (Å²) in [5.74, 6) is -0.271. The summed E-state index contributed by atoms with van der Waals surface area (Å²) in [4.78, 5) is 13.4. The minimum absolute atomic E-state index is 0.176. The number of amides is 1. The predicted octanol–water partition coefficient (Wildman–Crippen LogP) is 7.55. The van der Waals surface area contributed by atoms with Gasteiger partial charge in [0.25, 0.3) is 5.91 Å². The summed E-state index contributed by atoms with van der Waals surface area (Å²) in [5, 5.41) is 6.60. The molecule has 36 heavy (non-hydrogen) atoms. The molecule has 4 aromatic carbocycles. The van der Waals surface area contributed by atoms with Gasteiger partial charge in [0.2, 0.25) is 0 Å². The first kappa shape index (κ1) is 23.8. The van der Waals surface area contributed by atoms with Gasteiger partial charge in [0, 0.05) is 5.56 Å². The van der Waals surface area contributed by atoms with Crippen molar-refractivity contribution in [2.24, 2.45) is 5.10 Å². The number of anilines is 1. The average molecular weight is 517 g/mol. The number of carbonyl (C=O) groups is 1. The molecule has 178 valence electrons. The van der Waals surface area contributed by atoms with Crippen LogP contribution in [0.25, 0.3) is 6.08 Å². The Labute approximate surface area is 217 Å². The van der Waals surface area contributed by atoms with Gasteiger partial charge in [0.15, 0.2) is 5.75 Å². The Morgan fingerprint density at radius 1 is 0.861 bits per heavy atom. The van der Waals surface area contributed by atoms with Gasteiger partial charge in [-0.3, -0.25) is 4.79 Å². The topological polar surface area (TPSA) is 41.9 Å². The molecule has 5 rings (SSSR count). The van der Waals surface area contributed by atoms with Crippen molar-refractivity contribution in [2.45, 2.75) is 6.61 Å². The van der Waals surface area contributed by atoms with Crippen LogP contribution in [0.2, 0.25) is 10.0 Å². The molecule has 7 heteroatoms. The Kier molecular flexibility index (Phi) is 6.85. The lowest BCUT2D eigenvalue weighted by atomic mass is 10.00. The maximum Gasteiger partial charge on any atom is 0.281 e. The van der Waals surface area contributed by atoms with Crippen LogP contribution in [0.1, 0.15) is 16.7 Å². The molecule has 0 aliphatic carbocycles. The van der Waals surface area contributed by atoms with Crippen molar-refractivity contribution in [1.82, 2.24) is 0 Å². The van der Waals surface area contributed by atoms with Gasteiger partial charge < -0.3 is 4.74 Å². The molecule has 0 fully saturated rings. The second-order valence-electron chi connectivity index (χ2n) is 8.05. The van der Waals surface area contributed by atoms with Crippen molar-refractivity contribution in [3.05, 3.63) is 135 Å². The van der Waals surface area contributed by atoms with Crippen LogP contribution < -0.4 is 9.75 Å². The van der Waals surface area contributed by atoms with Crippen LogP contribution in [0.5, 0.6) is 5.75 Å². The number of para-hydroxylation sites is 1. The first-order valence-electron chi connectivity index (χ1n) is 11.1. The van der Waals surface area contributed by atoms with E-state index in [-0.39, 0.29) is 18.3 Å². The van der Waals surface area contributed by atoms with E-state index >= 15 is 0 Å². The maximum atomic E-state index is 13.4. The van der Waals surface area contributed by atoms with Gasteiger partial charge in [-0.15, -0.1) is 0 Å². The summed E-state index contributed by atoms with van der Waals surface area (Å²) in [5.41, 5.74) is 3.84. The fourth-order valence-corrected chi connectivity index (χ4v) is 4.41. The van der Waals surface area contributed by atoms with E-state index in [0.29, 0.717) is 38.3 Å². The lowest BCUT2D eigenvalue weighted by Crippen LogP contribution is -2.21. The van der Waals surface area contributed by atoms with Gasteiger partial charge in [-0.1, -0.05) is 83.9 Å². The third kappa shape index (κ3) is 5.03. The quantitative estimate of drug-likeness (QED) is 0.248. The van der Waals surface area contributed by atoms with Gasteiger partial charge in [0.05, 0.1) is 21.3 Å². The molecule has 1 aliphatic rings. The van der Waals surface area contributed by atoms with Crippen LogP contribution in [0.3, 0.4) is 0 Å². The number of benzene rings is 4. The third-order valence-corrected chi connectivity index (χ3v) is 6.12. The zero-order valence-electron chi connectivity index (χ0n) is 18.9. The normalized spacial score (nSPS) is 14.3. The van der Waals surface area contributed by atoms with Gasteiger partial charge in [-0.25, -0.2) is 4.39 Å². The number of rotatable bonds is 6. The van der Waals surface area contributed by atoms with Crippen LogP contribution in [0.15, 0.2) is 108 Å². The number of halogens is 3. The van der Waals surface area contributed by atoms with Crippen molar-refractivity contribution >= 4 is 46.6 Å². The van der Waals surface area contributed by atoms with Gasteiger partial charge in [-0.2, -0.15) is 10.1 Å². The number of nitrogens with zero attached hydrogens (tertiary/aromatic N) is 2. The van der Waals surface area contributed by atoms with E-state index in [2.05, 4.69) is 5.10 Å². The van der Waals surface area contributed by atoms with Crippen LogP contribution in [0.4, 0.5) is 10.1 Å². The van der Waals surface area contributed by atoms with E-state index in [1.54, 1.807) is 30.3 Å². The molecule has 4 nitrogen and oxygen atoms in total. The van der Waals surface area contributed by atoms with E-state index in [9.17, 15) is 9.18 Å². The van der Waals surface area contributed by atoms with Crippen molar-refractivity contribution in [3.63, 3.8) is 0 Å². The highest BCUT2D eigenvalue weighted by Gasteiger charge is 2.32. The molecular formula is C29H19Cl2FN2O2. The summed E-state index contributed by atoms with van der Waals surface area (Å²) in [7, 11) is 0. The Hall–Kier alpha value is -3.93. The third-order valence-electron chi connectivity index (χ3n) is 5.55. The molecule has 4 aromatic rings. The molecule has 0 N–H and O–H groups in total. The summed E-state index contributed by atoms with van der Waals surface area (Å²) in [6, 6.07) is 28.1. The van der Waals surface area contributed by atoms with E-state index < -0.39 is 0 Å². The highest BCUT2D eigenvalue weighted by Crippen LogP contribution is 2.36. The van der Waals surface area contributed by atoms with Crippen LogP contribution in [0, 0.1) is 5.82 Å². The molecule has 0 atom stereocenters. The standard InChI is InChI=1S/C29H19Cl2FN2O2/c30-25-16-20(17-26(31)28(25)36-18-19-11-13-22(32)14-12-19)15-24-27(21-7-3-1-4-8-21)33-34(29(24)35)23-9-5-2-6-10-23/h1-17H,18H2/b24-15-. The van der Waals surface area contributed by atoms with Crippen LogP contribution >= 0.6 is 23.2 Å². The largest absolute Gasteiger partial charge is 0.486 e. The lowest BCUT2D eigenvalue weighted by molar-refractivity contribution is -0.114. The van der Waals surface area contributed by atoms with E-state index in [1.165, 1.54) is 17.1 Å². The van der Waals surface area contributed by atoms with Gasteiger partial charge >= 0.3 is 0 Å². The first-order chi connectivity index (χ1) is 17.5. The molecule has 0 saturated carbocycles. The minimum Gasteiger partial charge on any atom is -0.486 e. The molecule has 0 bridgehead atoms. The molecular weight excluding hydrogens is 498 g/mol. The van der Waals surface area contributed by atoms with Crippen molar-refractivity contribution in [3.8, 4) is 5.75 Å².